The maximum atomic E-state index is 12.4. The van der Waals surface area contributed by atoms with Gasteiger partial charge in [0.1, 0.15) is 11.5 Å². The first-order valence-electron chi connectivity index (χ1n) is 8.33. The van der Waals surface area contributed by atoms with E-state index in [0.29, 0.717) is 18.7 Å². The fraction of sp³-hybridized carbons (Fsp3) is 0.350. The van der Waals surface area contributed by atoms with Gasteiger partial charge in [0.2, 0.25) is 0 Å². The van der Waals surface area contributed by atoms with Crippen LogP contribution in [0, 0.1) is 0 Å². The van der Waals surface area contributed by atoms with Crippen molar-refractivity contribution in [3.05, 3.63) is 59.7 Å². The number of amides is 1. The molecule has 0 fully saturated rings. The van der Waals surface area contributed by atoms with E-state index in [4.69, 9.17) is 9.47 Å². The van der Waals surface area contributed by atoms with Crippen LogP contribution in [0.2, 0.25) is 0 Å². The van der Waals surface area contributed by atoms with E-state index in [9.17, 15) is 4.79 Å². The van der Waals surface area contributed by atoms with Gasteiger partial charge < -0.3 is 14.8 Å². The summed E-state index contributed by atoms with van der Waals surface area (Å²) in [7, 11) is 1.62. The Bertz CT molecular complexity index is 652. The molecule has 1 atom stereocenters. The van der Waals surface area contributed by atoms with Gasteiger partial charge in [0.15, 0.2) is 6.10 Å². The van der Waals surface area contributed by atoms with Gasteiger partial charge in [0, 0.05) is 12.1 Å². The molecule has 1 N–H and O–H groups in total. The van der Waals surface area contributed by atoms with E-state index in [2.05, 4.69) is 12.2 Å². The fourth-order valence-corrected chi connectivity index (χ4v) is 2.44. The quantitative estimate of drug-likeness (QED) is 0.803. The fourth-order valence-electron chi connectivity index (χ4n) is 2.44. The molecule has 0 heterocycles. The normalized spacial score (nSPS) is 11.6. The Morgan fingerprint density at radius 1 is 1.08 bits per heavy atom. The highest BCUT2D eigenvalue weighted by Gasteiger charge is 2.18. The van der Waals surface area contributed by atoms with Crippen molar-refractivity contribution in [2.24, 2.45) is 0 Å². The molecule has 4 heteroatoms. The average Bonchev–Trinajstić information content (AvgIpc) is 2.64. The molecular formula is C20H25NO3. The second-order valence-corrected chi connectivity index (χ2v) is 5.54. The summed E-state index contributed by atoms with van der Waals surface area (Å²) in [4.78, 5) is 12.4. The summed E-state index contributed by atoms with van der Waals surface area (Å²) in [5, 5.41) is 2.92. The van der Waals surface area contributed by atoms with Gasteiger partial charge in [-0.3, -0.25) is 4.79 Å². The van der Waals surface area contributed by atoms with Crippen LogP contribution >= 0.6 is 0 Å². The van der Waals surface area contributed by atoms with Crippen LogP contribution in [0.1, 0.15) is 31.4 Å². The number of methoxy groups -OCH3 is 1. The Morgan fingerprint density at radius 2 is 1.79 bits per heavy atom. The van der Waals surface area contributed by atoms with E-state index in [1.807, 2.05) is 55.5 Å². The zero-order chi connectivity index (χ0) is 17.4. The molecule has 0 aromatic heterocycles. The maximum Gasteiger partial charge on any atom is 0.261 e. The smallest absolute Gasteiger partial charge is 0.261 e. The highest BCUT2D eigenvalue weighted by molar-refractivity contribution is 5.81. The summed E-state index contributed by atoms with van der Waals surface area (Å²) >= 11 is 0. The summed E-state index contributed by atoms with van der Waals surface area (Å²) in [5.74, 6) is 1.36. The van der Waals surface area contributed by atoms with Crippen molar-refractivity contribution in [3.8, 4) is 11.5 Å². The van der Waals surface area contributed by atoms with Gasteiger partial charge in [-0.15, -0.1) is 0 Å². The molecule has 0 spiro atoms. The van der Waals surface area contributed by atoms with Gasteiger partial charge >= 0.3 is 0 Å². The van der Waals surface area contributed by atoms with E-state index in [1.54, 1.807) is 7.11 Å². The summed E-state index contributed by atoms with van der Waals surface area (Å²) < 4.78 is 11.1. The number of hydrogen-bond acceptors (Lipinski definition) is 3. The van der Waals surface area contributed by atoms with Crippen molar-refractivity contribution in [3.63, 3.8) is 0 Å². The first kappa shape index (κ1) is 17.9. The van der Waals surface area contributed by atoms with Crippen molar-refractivity contribution in [2.75, 3.05) is 7.11 Å². The van der Waals surface area contributed by atoms with Gasteiger partial charge in [-0.05, 0) is 36.6 Å². The van der Waals surface area contributed by atoms with Crippen LogP contribution in [-0.4, -0.2) is 19.1 Å². The van der Waals surface area contributed by atoms with Crippen molar-refractivity contribution in [1.82, 2.24) is 5.32 Å². The minimum absolute atomic E-state index is 0.122. The van der Waals surface area contributed by atoms with E-state index < -0.39 is 6.10 Å². The number of benzene rings is 2. The van der Waals surface area contributed by atoms with Gasteiger partial charge in [-0.2, -0.15) is 0 Å². The molecule has 0 radical (unpaired) electrons. The van der Waals surface area contributed by atoms with Crippen molar-refractivity contribution < 1.29 is 14.3 Å². The molecule has 2 aromatic rings. The molecule has 4 nitrogen and oxygen atoms in total. The maximum absolute atomic E-state index is 12.4. The molecule has 24 heavy (non-hydrogen) atoms. The summed E-state index contributed by atoms with van der Waals surface area (Å²) in [5.41, 5.74) is 2.19. The minimum Gasteiger partial charge on any atom is -0.496 e. The van der Waals surface area contributed by atoms with Crippen LogP contribution in [-0.2, 0) is 17.8 Å². The van der Waals surface area contributed by atoms with Crippen LogP contribution < -0.4 is 14.8 Å². The van der Waals surface area contributed by atoms with Crippen LogP contribution in [0.25, 0.3) is 0 Å². The molecule has 0 bridgehead atoms. The van der Waals surface area contributed by atoms with Crippen LogP contribution in [0.15, 0.2) is 48.5 Å². The van der Waals surface area contributed by atoms with Crippen molar-refractivity contribution in [2.45, 2.75) is 39.3 Å². The molecule has 2 rings (SSSR count). The third-order valence-corrected chi connectivity index (χ3v) is 3.92. The second-order valence-electron chi connectivity index (χ2n) is 5.54. The molecule has 1 amide bonds. The van der Waals surface area contributed by atoms with Crippen LogP contribution in [0.5, 0.6) is 11.5 Å². The summed E-state index contributed by atoms with van der Waals surface area (Å²) in [6.45, 7) is 4.46. The minimum atomic E-state index is -0.507. The Morgan fingerprint density at radius 3 is 2.42 bits per heavy atom. The lowest BCUT2D eigenvalue weighted by molar-refractivity contribution is -0.128. The van der Waals surface area contributed by atoms with Crippen molar-refractivity contribution in [1.29, 1.82) is 0 Å². The zero-order valence-corrected chi connectivity index (χ0v) is 14.5. The first-order chi connectivity index (χ1) is 11.7. The molecule has 0 aliphatic rings. The summed E-state index contributed by atoms with van der Waals surface area (Å²) in [6, 6.07) is 15.5. The molecule has 0 saturated heterocycles. The number of aryl methyl sites for hydroxylation is 1. The predicted molar refractivity (Wildman–Crippen MR) is 95.4 cm³/mol. The predicted octanol–water partition coefficient (Wildman–Crippen LogP) is 3.73. The topological polar surface area (TPSA) is 47.6 Å². The highest BCUT2D eigenvalue weighted by Crippen LogP contribution is 2.18. The van der Waals surface area contributed by atoms with Gasteiger partial charge in [-0.25, -0.2) is 0 Å². The second kappa shape index (κ2) is 8.96. The third-order valence-electron chi connectivity index (χ3n) is 3.92. The monoisotopic (exact) mass is 327 g/mol. The van der Waals surface area contributed by atoms with Gasteiger partial charge in [-0.1, -0.05) is 44.2 Å². The largest absolute Gasteiger partial charge is 0.496 e. The lowest BCUT2D eigenvalue weighted by atomic mass is 10.1. The number of nitrogens with one attached hydrogen (secondary N) is 1. The summed E-state index contributed by atoms with van der Waals surface area (Å²) in [6.07, 6.45) is 1.08. The molecule has 128 valence electrons. The molecule has 0 saturated carbocycles. The molecule has 0 aliphatic carbocycles. The van der Waals surface area contributed by atoms with Crippen molar-refractivity contribution >= 4 is 5.91 Å². The van der Waals surface area contributed by atoms with E-state index in [0.717, 1.165) is 17.7 Å². The SMILES string of the molecule is CCc1ccc(O[C@H](CC)C(=O)NCc2ccccc2OC)cc1. The molecular weight excluding hydrogens is 302 g/mol. The Hall–Kier alpha value is -2.49. The zero-order valence-electron chi connectivity index (χ0n) is 14.5. The molecule has 0 aliphatic heterocycles. The number of rotatable bonds is 8. The van der Waals surface area contributed by atoms with Gasteiger partial charge in [0.05, 0.1) is 7.11 Å². The third kappa shape index (κ3) is 4.75. The van der Waals surface area contributed by atoms with E-state index >= 15 is 0 Å². The lowest BCUT2D eigenvalue weighted by Gasteiger charge is -2.18. The standard InChI is InChI=1S/C20H25NO3/c1-4-15-10-12-17(13-11-15)24-18(5-2)20(22)21-14-16-8-6-7-9-19(16)23-3/h6-13,18H,4-5,14H2,1-3H3,(H,21,22)/t18-/m1/s1. The van der Waals surface area contributed by atoms with Crippen LogP contribution in [0.4, 0.5) is 0 Å². The average molecular weight is 327 g/mol. The molecule has 0 unspecified atom stereocenters. The number of ether oxygens (including phenoxy) is 2. The Balaban J connectivity index is 1.95. The number of carbonyl (C=O) groups is 1. The van der Waals surface area contributed by atoms with E-state index in [1.165, 1.54) is 5.56 Å². The Labute approximate surface area is 143 Å². The number of para-hydroxylation sites is 1. The Kier molecular flexibility index (Phi) is 6.67. The molecule has 2 aromatic carbocycles. The van der Waals surface area contributed by atoms with Crippen LogP contribution in [0.3, 0.4) is 0 Å². The van der Waals surface area contributed by atoms with E-state index in [-0.39, 0.29) is 5.91 Å². The first-order valence-corrected chi connectivity index (χ1v) is 8.33. The highest BCUT2D eigenvalue weighted by atomic mass is 16.5. The number of carbonyl (C=O) groups excluding carboxylic acids is 1. The lowest BCUT2D eigenvalue weighted by Crippen LogP contribution is -2.37. The number of hydrogen-bond donors (Lipinski definition) is 1. The van der Waals surface area contributed by atoms with Gasteiger partial charge in [0.25, 0.3) is 5.91 Å².